The molecule has 14 heavy (non-hydrogen) atoms. The van der Waals surface area contributed by atoms with Gasteiger partial charge in [-0.3, -0.25) is 4.79 Å². The summed E-state index contributed by atoms with van der Waals surface area (Å²) in [5.41, 5.74) is 0.157. The third kappa shape index (κ3) is 0.811. The van der Waals surface area contributed by atoms with Gasteiger partial charge < -0.3 is 9.84 Å². The van der Waals surface area contributed by atoms with Crippen LogP contribution < -0.4 is 0 Å². The Balaban J connectivity index is 2.22. The summed E-state index contributed by atoms with van der Waals surface area (Å²) >= 11 is 0. The van der Waals surface area contributed by atoms with Gasteiger partial charge >= 0.3 is 0 Å². The van der Waals surface area contributed by atoms with Crippen LogP contribution in [0.5, 0.6) is 0 Å². The highest BCUT2D eigenvalue weighted by Gasteiger charge is 2.60. The van der Waals surface area contributed by atoms with Gasteiger partial charge in [0, 0.05) is 5.56 Å². The molecule has 1 aliphatic carbocycles. The predicted octanol–water partition coefficient (Wildman–Crippen LogP) is 1.07. The number of Topliss-reactive ketones (excluding diaryl/α,β-unsaturated/α-hetero) is 1. The summed E-state index contributed by atoms with van der Waals surface area (Å²) in [7, 11) is 0. The summed E-state index contributed by atoms with van der Waals surface area (Å²) in [6.45, 7) is 1.52. The SMILES string of the molecule is C[C@]1(O)C(=O)c2ccccc2[C@H]2O[C@H]21. The maximum absolute atomic E-state index is 11.8. The minimum absolute atomic E-state index is 0.0844. The Kier molecular flexibility index (Phi) is 1.30. The van der Waals surface area contributed by atoms with Crippen molar-refractivity contribution < 1.29 is 14.6 Å². The number of fused-ring (bicyclic) bond motifs is 3. The average Bonchev–Trinajstić information content (AvgIpc) is 2.95. The van der Waals surface area contributed by atoms with Crippen LogP contribution in [0, 0.1) is 0 Å². The topological polar surface area (TPSA) is 49.8 Å². The molecule has 0 spiro atoms. The first-order valence-electron chi connectivity index (χ1n) is 4.64. The second kappa shape index (κ2) is 2.24. The Labute approximate surface area is 81.3 Å². The monoisotopic (exact) mass is 190 g/mol. The van der Waals surface area contributed by atoms with Crippen LogP contribution in [-0.4, -0.2) is 22.6 Å². The van der Waals surface area contributed by atoms with Crippen LogP contribution in [0.3, 0.4) is 0 Å². The smallest absolute Gasteiger partial charge is 0.197 e. The first kappa shape index (κ1) is 8.15. The minimum Gasteiger partial charge on any atom is -0.379 e. The van der Waals surface area contributed by atoms with E-state index in [1.54, 1.807) is 12.1 Å². The molecule has 1 N–H and O–H groups in total. The largest absolute Gasteiger partial charge is 0.379 e. The van der Waals surface area contributed by atoms with E-state index < -0.39 is 5.60 Å². The molecule has 0 amide bonds. The number of benzene rings is 1. The van der Waals surface area contributed by atoms with Crippen molar-refractivity contribution in [3.05, 3.63) is 35.4 Å². The summed E-state index contributed by atoms with van der Waals surface area (Å²) in [5, 5.41) is 9.93. The molecule has 1 heterocycles. The molecule has 1 fully saturated rings. The molecule has 0 aromatic heterocycles. The molecule has 3 atom stereocenters. The van der Waals surface area contributed by atoms with E-state index in [4.69, 9.17) is 4.74 Å². The number of carbonyl (C=O) groups excluding carboxylic acids is 1. The van der Waals surface area contributed by atoms with Crippen molar-refractivity contribution in [2.24, 2.45) is 0 Å². The van der Waals surface area contributed by atoms with Gasteiger partial charge in [0.25, 0.3) is 0 Å². The Hall–Kier alpha value is -1.19. The van der Waals surface area contributed by atoms with Crippen LogP contribution in [0.4, 0.5) is 0 Å². The summed E-state index contributed by atoms with van der Waals surface area (Å²) in [5.74, 6) is -0.230. The predicted molar refractivity (Wildman–Crippen MR) is 49.0 cm³/mol. The van der Waals surface area contributed by atoms with Crippen molar-refractivity contribution in [1.82, 2.24) is 0 Å². The molecule has 0 bridgehead atoms. The molecular weight excluding hydrogens is 180 g/mol. The third-order valence-electron chi connectivity index (χ3n) is 3.02. The Morgan fingerprint density at radius 2 is 2.14 bits per heavy atom. The molecule has 3 nitrogen and oxygen atoms in total. The maximum Gasteiger partial charge on any atom is 0.197 e. The summed E-state index contributed by atoms with van der Waals surface area (Å²) in [6, 6.07) is 7.30. The lowest BCUT2D eigenvalue weighted by Gasteiger charge is -2.24. The first-order valence-corrected chi connectivity index (χ1v) is 4.64. The van der Waals surface area contributed by atoms with Gasteiger partial charge in [0.1, 0.15) is 12.2 Å². The fourth-order valence-corrected chi connectivity index (χ4v) is 2.13. The van der Waals surface area contributed by atoms with Crippen molar-refractivity contribution in [2.45, 2.75) is 24.7 Å². The first-order chi connectivity index (χ1) is 6.62. The van der Waals surface area contributed by atoms with Crippen LogP contribution in [0.15, 0.2) is 24.3 Å². The van der Waals surface area contributed by atoms with E-state index >= 15 is 0 Å². The molecule has 1 aliphatic heterocycles. The Morgan fingerprint density at radius 3 is 2.93 bits per heavy atom. The third-order valence-corrected chi connectivity index (χ3v) is 3.02. The molecule has 0 unspecified atom stereocenters. The summed E-state index contributed by atoms with van der Waals surface area (Å²) < 4.78 is 5.32. The number of rotatable bonds is 0. The van der Waals surface area contributed by atoms with Crippen LogP contribution in [0.1, 0.15) is 28.9 Å². The number of carbonyl (C=O) groups is 1. The lowest BCUT2D eigenvalue weighted by molar-refractivity contribution is 0.0261. The average molecular weight is 190 g/mol. The van der Waals surface area contributed by atoms with Gasteiger partial charge in [-0.1, -0.05) is 24.3 Å². The zero-order chi connectivity index (χ0) is 9.92. The highest BCUT2D eigenvalue weighted by Crippen LogP contribution is 2.51. The van der Waals surface area contributed by atoms with Gasteiger partial charge in [-0.2, -0.15) is 0 Å². The second-order valence-corrected chi connectivity index (χ2v) is 4.04. The number of hydrogen-bond donors (Lipinski definition) is 1. The molecule has 3 rings (SSSR count). The van der Waals surface area contributed by atoms with Crippen molar-refractivity contribution in [2.75, 3.05) is 0 Å². The van der Waals surface area contributed by atoms with E-state index in [9.17, 15) is 9.90 Å². The van der Waals surface area contributed by atoms with Crippen LogP contribution in [0.2, 0.25) is 0 Å². The molecule has 1 saturated heterocycles. The zero-order valence-corrected chi connectivity index (χ0v) is 7.73. The lowest BCUT2D eigenvalue weighted by Crippen LogP contribution is -2.43. The second-order valence-electron chi connectivity index (χ2n) is 4.04. The highest BCUT2D eigenvalue weighted by atomic mass is 16.6. The van der Waals surface area contributed by atoms with Gasteiger partial charge in [0.15, 0.2) is 11.4 Å². The molecule has 2 aliphatic rings. The highest BCUT2D eigenvalue weighted by molar-refractivity contribution is 6.05. The lowest BCUT2D eigenvalue weighted by atomic mass is 9.80. The molecule has 0 saturated carbocycles. The summed E-state index contributed by atoms with van der Waals surface area (Å²) in [4.78, 5) is 11.8. The number of aliphatic hydroxyl groups is 1. The molecule has 3 heteroatoms. The van der Waals surface area contributed by atoms with Gasteiger partial charge in [0.05, 0.1) is 0 Å². The quantitative estimate of drug-likeness (QED) is 0.622. The van der Waals surface area contributed by atoms with E-state index in [2.05, 4.69) is 0 Å². The maximum atomic E-state index is 11.8. The fourth-order valence-electron chi connectivity index (χ4n) is 2.13. The van der Waals surface area contributed by atoms with Crippen LogP contribution in [-0.2, 0) is 4.74 Å². The number of ether oxygens (including phenoxy) is 1. The number of hydrogen-bond acceptors (Lipinski definition) is 3. The van der Waals surface area contributed by atoms with Crippen LogP contribution in [0.25, 0.3) is 0 Å². The van der Waals surface area contributed by atoms with Gasteiger partial charge in [0.2, 0.25) is 0 Å². The van der Waals surface area contributed by atoms with E-state index in [0.717, 1.165) is 5.56 Å². The molecule has 1 aromatic rings. The van der Waals surface area contributed by atoms with Crippen molar-refractivity contribution in [1.29, 1.82) is 0 Å². The van der Waals surface area contributed by atoms with Gasteiger partial charge in [-0.05, 0) is 12.5 Å². The van der Waals surface area contributed by atoms with E-state index in [0.29, 0.717) is 5.56 Å². The molecule has 0 radical (unpaired) electrons. The van der Waals surface area contributed by atoms with E-state index in [-0.39, 0.29) is 18.0 Å². The molecule has 72 valence electrons. The minimum atomic E-state index is -1.35. The van der Waals surface area contributed by atoms with Gasteiger partial charge in [-0.25, -0.2) is 0 Å². The van der Waals surface area contributed by atoms with Crippen molar-refractivity contribution in [3.63, 3.8) is 0 Å². The molecular formula is C11H10O3. The summed E-state index contributed by atoms with van der Waals surface area (Å²) in [6.07, 6.45) is -0.427. The normalized spacial score (nSPS) is 38.9. The van der Waals surface area contributed by atoms with Crippen molar-refractivity contribution >= 4 is 5.78 Å². The van der Waals surface area contributed by atoms with E-state index in [1.165, 1.54) is 6.92 Å². The standard InChI is InChI=1S/C11H10O3/c1-11(13)9(12)7-5-3-2-4-6(7)8-10(11)14-8/h2-5,8,10,13H,1H3/t8-,10-,11+/m1/s1. The number of ketones is 1. The number of epoxide rings is 1. The van der Waals surface area contributed by atoms with Crippen LogP contribution >= 0.6 is 0 Å². The zero-order valence-electron chi connectivity index (χ0n) is 7.73. The van der Waals surface area contributed by atoms with E-state index in [1.807, 2.05) is 12.1 Å². The molecule has 1 aromatic carbocycles. The fraction of sp³-hybridized carbons (Fsp3) is 0.364. The van der Waals surface area contributed by atoms with Gasteiger partial charge in [-0.15, -0.1) is 0 Å². The Morgan fingerprint density at radius 1 is 1.43 bits per heavy atom. The Bertz CT molecular complexity index is 422. The van der Waals surface area contributed by atoms with Crippen molar-refractivity contribution in [3.8, 4) is 0 Å².